The lowest BCUT2D eigenvalue weighted by molar-refractivity contribution is -0.145. The minimum Gasteiger partial charge on any atom is -0.481 e. The standard InChI is InChI=1S/C15H20O2S/c1-11-10-12(6-7-13(11)18-2)15(14(16)17)8-4-3-5-9-15/h6-7,10H,3-5,8-9H2,1-2H3,(H,16,17). The number of carboxylic acids is 1. The predicted molar refractivity (Wildman–Crippen MR) is 75.4 cm³/mol. The van der Waals surface area contributed by atoms with Crippen molar-refractivity contribution in [2.45, 2.75) is 49.3 Å². The Balaban J connectivity index is 2.43. The highest BCUT2D eigenvalue weighted by atomic mass is 32.2. The zero-order valence-corrected chi connectivity index (χ0v) is 11.8. The molecule has 0 heterocycles. The Kier molecular flexibility index (Phi) is 4.00. The Hall–Kier alpha value is -0.960. The molecule has 1 aromatic carbocycles. The molecule has 0 atom stereocenters. The fourth-order valence-electron chi connectivity index (χ4n) is 2.96. The van der Waals surface area contributed by atoms with Gasteiger partial charge in [-0.15, -0.1) is 11.8 Å². The molecule has 0 saturated heterocycles. The second-order valence-corrected chi connectivity index (χ2v) is 5.98. The highest BCUT2D eigenvalue weighted by Gasteiger charge is 2.41. The first-order valence-electron chi connectivity index (χ1n) is 6.49. The van der Waals surface area contributed by atoms with Gasteiger partial charge in [-0.1, -0.05) is 31.4 Å². The lowest BCUT2D eigenvalue weighted by Gasteiger charge is -2.34. The van der Waals surface area contributed by atoms with Crippen LogP contribution in [0.1, 0.15) is 43.2 Å². The molecular formula is C15H20O2S. The molecule has 0 bridgehead atoms. The number of rotatable bonds is 3. The third kappa shape index (κ3) is 2.28. The number of hydrogen-bond acceptors (Lipinski definition) is 2. The minimum atomic E-state index is -0.654. The quantitative estimate of drug-likeness (QED) is 0.838. The average Bonchev–Trinajstić information content (AvgIpc) is 2.39. The van der Waals surface area contributed by atoms with Crippen LogP contribution in [0.2, 0.25) is 0 Å². The largest absolute Gasteiger partial charge is 0.481 e. The van der Waals surface area contributed by atoms with Gasteiger partial charge < -0.3 is 5.11 Å². The van der Waals surface area contributed by atoms with E-state index in [0.29, 0.717) is 0 Å². The SMILES string of the molecule is CSc1ccc(C2(C(=O)O)CCCCC2)cc1C. The molecule has 1 aliphatic carbocycles. The number of aryl methyl sites for hydroxylation is 1. The van der Waals surface area contributed by atoms with Crippen LogP contribution in [0, 0.1) is 6.92 Å². The zero-order chi connectivity index (χ0) is 13.2. The first kappa shape index (κ1) is 13.5. The van der Waals surface area contributed by atoms with Crippen LogP contribution in [0.4, 0.5) is 0 Å². The fourth-order valence-corrected chi connectivity index (χ4v) is 3.54. The highest BCUT2D eigenvalue weighted by Crippen LogP contribution is 2.40. The molecule has 2 nitrogen and oxygen atoms in total. The van der Waals surface area contributed by atoms with Crippen LogP contribution in [-0.4, -0.2) is 17.3 Å². The van der Waals surface area contributed by atoms with Crippen LogP contribution in [-0.2, 0) is 10.2 Å². The Labute approximate surface area is 113 Å². The molecule has 98 valence electrons. The van der Waals surface area contributed by atoms with Crippen molar-refractivity contribution in [1.82, 2.24) is 0 Å². The molecule has 0 amide bonds. The maximum Gasteiger partial charge on any atom is 0.314 e. The van der Waals surface area contributed by atoms with Gasteiger partial charge >= 0.3 is 5.97 Å². The fraction of sp³-hybridized carbons (Fsp3) is 0.533. The highest BCUT2D eigenvalue weighted by molar-refractivity contribution is 7.98. The summed E-state index contributed by atoms with van der Waals surface area (Å²) in [5.41, 5.74) is 1.54. The third-order valence-electron chi connectivity index (χ3n) is 4.06. The topological polar surface area (TPSA) is 37.3 Å². The Morgan fingerprint density at radius 1 is 1.28 bits per heavy atom. The van der Waals surface area contributed by atoms with Gasteiger partial charge in [-0.05, 0) is 43.2 Å². The predicted octanol–water partition coefficient (Wildman–Crippen LogP) is 4.00. The normalized spacial score (nSPS) is 18.6. The summed E-state index contributed by atoms with van der Waals surface area (Å²) in [6.07, 6.45) is 6.82. The smallest absolute Gasteiger partial charge is 0.314 e. The summed E-state index contributed by atoms with van der Waals surface area (Å²) >= 11 is 1.71. The van der Waals surface area contributed by atoms with E-state index in [1.165, 1.54) is 10.5 Å². The molecule has 18 heavy (non-hydrogen) atoms. The molecule has 0 aromatic heterocycles. The van der Waals surface area contributed by atoms with Crippen molar-refractivity contribution >= 4 is 17.7 Å². The molecule has 2 rings (SSSR count). The summed E-state index contributed by atoms with van der Waals surface area (Å²) in [6, 6.07) is 6.15. The molecule has 0 spiro atoms. The third-order valence-corrected chi connectivity index (χ3v) is 4.96. The van der Waals surface area contributed by atoms with Gasteiger partial charge in [-0.3, -0.25) is 4.79 Å². The lowest BCUT2D eigenvalue weighted by Crippen LogP contribution is -2.37. The number of carboxylic acid groups (broad SMARTS) is 1. The molecule has 3 heteroatoms. The van der Waals surface area contributed by atoms with Gasteiger partial charge in [-0.25, -0.2) is 0 Å². The zero-order valence-electron chi connectivity index (χ0n) is 11.0. The molecule has 0 unspecified atom stereocenters. The van der Waals surface area contributed by atoms with Gasteiger partial charge in [0.15, 0.2) is 0 Å². The Morgan fingerprint density at radius 3 is 2.44 bits per heavy atom. The van der Waals surface area contributed by atoms with E-state index >= 15 is 0 Å². The Morgan fingerprint density at radius 2 is 1.94 bits per heavy atom. The molecule has 0 aliphatic heterocycles. The van der Waals surface area contributed by atoms with Crippen LogP contribution < -0.4 is 0 Å². The van der Waals surface area contributed by atoms with E-state index in [-0.39, 0.29) is 0 Å². The molecule has 1 saturated carbocycles. The van der Waals surface area contributed by atoms with Crippen molar-refractivity contribution in [3.05, 3.63) is 29.3 Å². The first-order chi connectivity index (χ1) is 8.60. The average molecular weight is 264 g/mol. The number of benzene rings is 1. The Bertz CT molecular complexity index is 448. The van der Waals surface area contributed by atoms with Crippen molar-refractivity contribution in [2.24, 2.45) is 0 Å². The van der Waals surface area contributed by atoms with Crippen LogP contribution in [0.5, 0.6) is 0 Å². The van der Waals surface area contributed by atoms with Crippen molar-refractivity contribution in [3.8, 4) is 0 Å². The molecule has 1 aliphatic rings. The van der Waals surface area contributed by atoms with Gasteiger partial charge in [-0.2, -0.15) is 0 Å². The second-order valence-electron chi connectivity index (χ2n) is 5.13. The van der Waals surface area contributed by atoms with E-state index in [9.17, 15) is 9.90 Å². The van der Waals surface area contributed by atoms with E-state index in [2.05, 4.69) is 25.3 Å². The van der Waals surface area contributed by atoms with E-state index < -0.39 is 11.4 Å². The van der Waals surface area contributed by atoms with Crippen LogP contribution in [0.25, 0.3) is 0 Å². The van der Waals surface area contributed by atoms with Gasteiger partial charge in [0.05, 0.1) is 5.41 Å². The molecule has 0 radical (unpaired) electrons. The van der Waals surface area contributed by atoms with Gasteiger partial charge in [0.25, 0.3) is 0 Å². The van der Waals surface area contributed by atoms with Crippen molar-refractivity contribution in [2.75, 3.05) is 6.26 Å². The molecular weight excluding hydrogens is 244 g/mol. The maximum absolute atomic E-state index is 11.7. The van der Waals surface area contributed by atoms with Crippen LogP contribution in [0.15, 0.2) is 23.1 Å². The van der Waals surface area contributed by atoms with Gasteiger partial charge in [0, 0.05) is 4.90 Å². The number of thioether (sulfide) groups is 1. The van der Waals surface area contributed by atoms with Crippen LogP contribution >= 0.6 is 11.8 Å². The number of aliphatic carboxylic acids is 1. The maximum atomic E-state index is 11.7. The summed E-state index contributed by atoms with van der Waals surface area (Å²) in [5.74, 6) is -0.654. The summed E-state index contributed by atoms with van der Waals surface area (Å²) in [6.45, 7) is 2.06. The molecule has 1 N–H and O–H groups in total. The van der Waals surface area contributed by atoms with E-state index in [0.717, 1.165) is 37.7 Å². The number of hydrogen-bond donors (Lipinski definition) is 1. The first-order valence-corrected chi connectivity index (χ1v) is 7.71. The summed E-state index contributed by atoms with van der Waals surface area (Å²) in [5, 5.41) is 9.65. The second kappa shape index (κ2) is 5.35. The van der Waals surface area contributed by atoms with Crippen molar-refractivity contribution < 1.29 is 9.90 Å². The summed E-state index contributed by atoms with van der Waals surface area (Å²) in [7, 11) is 0. The molecule has 1 aromatic rings. The minimum absolute atomic E-state index is 0.639. The van der Waals surface area contributed by atoms with E-state index in [1.807, 2.05) is 6.07 Å². The molecule has 1 fully saturated rings. The van der Waals surface area contributed by atoms with E-state index in [1.54, 1.807) is 11.8 Å². The lowest BCUT2D eigenvalue weighted by atomic mass is 9.69. The summed E-state index contributed by atoms with van der Waals surface area (Å²) < 4.78 is 0. The van der Waals surface area contributed by atoms with E-state index in [4.69, 9.17) is 0 Å². The van der Waals surface area contributed by atoms with Crippen LogP contribution in [0.3, 0.4) is 0 Å². The van der Waals surface area contributed by atoms with Gasteiger partial charge in [0.1, 0.15) is 0 Å². The van der Waals surface area contributed by atoms with Gasteiger partial charge in [0.2, 0.25) is 0 Å². The number of carbonyl (C=O) groups is 1. The monoisotopic (exact) mass is 264 g/mol. The summed E-state index contributed by atoms with van der Waals surface area (Å²) in [4.78, 5) is 13.0. The van der Waals surface area contributed by atoms with Crippen molar-refractivity contribution in [3.63, 3.8) is 0 Å². The van der Waals surface area contributed by atoms with Crippen molar-refractivity contribution in [1.29, 1.82) is 0 Å².